The minimum atomic E-state index is -0.354. The van der Waals surface area contributed by atoms with Gasteiger partial charge in [0.15, 0.2) is 0 Å². The van der Waals surface area contributed by atoms with Gasteiger partial charge in [-0.1, -0.05) is 35.5 Å². The molecule has 7 nitrogen and oxygen atoms in total. The molecule has 0 N–H and O–H groups in total. The van der Waals surface area contributed by atoms with E-state index in [0.717, 1.165) is 48.2 Å². The molecule has 3 aromatic rings. The molecule has 1 aliphatic carbocycles. The molecule has 0 atom stereocenters. The molecule has 2 heterocycles. The molecular formula is C28H33N5O2. The lowest BCUT2D eigenvalue weighted by Gasteiger charge is -2.36. The number of nitriles is 1. The molecule has 0 bridgehead atoms. The van der Waals surface area contributed by atoms with E-state index in [1.54, 1.807) is 29.8 Å². The second kappa shape index (κ2) is 9.91. The highest BCUT2D eigenvalue weighted by molar-refractivity contribution is 6.02. The van der Waals surface area contributed by atoms with E-state index in [0.29, 0.717) is 17.1 Å². The van der Waals surface area contributed by atoms with Gasteiger partial charge in [0.2, 0.25) is 0 Å². The van der Waals surface area contributed by atoms with Crippen LogP contribution in [0.15, 0.2) is 58.5 Å². The summed E-state index contributed by atoms with van der Waals surface area (Å²) in [7, 11) is 3.76. The van der Waals surface area contributed by atoms with E-state index < -0.39 is 0 Å². The fourth-order valence-corrected chi connectivity index (χ4v) is 4.73. The Morgan fingerprint density at radius 1 is 1.14 bits per heavy atom. The van der Waals surface area contributed by atoms with Crippen molar-refractivity contribution >= 4 is 22.4 Å². The van der Waals surface area contributed by atoms with Gasteiger partial charge in [0.05, 0.1) is 16.9 Å². The quantitative estimate of drug-likeness (QED) is 0.385. The molecule has 1 aliphatic rings. The number of anilines is 1. The number of hydrogen-bond acceptors (Lipinski definition) is 6. The van der Waals surface area contributed by atoms with Crippen LogP contribution in [0.2, 0.25) is 0 Å². The number of hydrogen-bond donors (Lipinski definition) is 0. The number of oxime groups is 1. The second-order valence-electron chi connectivity index (χ2n) is 10.3. The van der Waals surface area contributed by atoms with E-state index in [4.69, 9.17) is 4.84 Å². The normalized spacial score (nSPS) is 18.8. The van der Waals surface area contributed by atoms with Crippen LogP contribution in [0.3, 0.4) is 0 Å². The highest BCUT2D eigenvalue weighted by Crippen LogP contribution is 2.34. The summed E-state index contributed by atoms with van der Waals surface area (Å²) in [5.74, 6) is 0.299. The lowest BCUT2D eigenvalue weighted by atomic mass is 9.80. The average Bonchev–Trinajstić information content (AvgIpc) is 2.86. The zero-order chi connectivity index (χ0) is 25.2. The maximum Gasteiger partial charge on any atom is 0.252 e. The summed E-state index contributed by atoms with van der Waals surface area (Å²) in [6.45, 7) is 6.02. The van der Waals surface area contributed by atoms with E-state index in [1.165, 1.54) is 0 Å². The van der Waals surface area contributed by atoms with Crippen LogP contribution >= 0.6 is 0 Å². The molecule has 182 valence electrons. The Balaban J connectivity index is 1.59. The summed E-state index contributed by atoms with van der Waals surface area (Å²) in [6.07, 6.45) is 3.85. The molecule has 4 rings (SSSR count). The van der Waals surface area contributed by atoms with Gasteiger partial charge in [0, 0.05) is 32.1 Å². The number of fused-ring (bicyclic) bond motifs is 1. The highest BCUT2D eigenvalue weighted by atomic mass is 16.6. The molecule has 0 radical (unpaired) electrons. The van der Waals surface area contributed by atoms with Crippen molar-refractivity contribution in [3.05, 3.63) is 70.1 Å². The Kier molecular flexibility index (Phi) is 6.93. The Labute approximate surface area is 206 Å². The first kappa shape index (κ1) is 24.5. The monoisotopic (exact) mass is 471 g/mol. The van der Waals surface area contributed by atoms with Crippen LogP contribution in [0, 0.1) is 17.2 Å². The molecule has 1 aromatic carbocycles. The summed E-state index contributed by atoms with van der Waals surface area (Å²) >= 11 is 0. The third-order valence-electron chi connectivity index (χ3n) is 6.68. The molecule has 0 unspecified atom stereocenters. The molecule has 1 fully saturated rings. The molecule has 35 heavy (non-hydrogen) atoms. The SMILES string of the molecule is CN(c1cc(=O)n(C)c2ccc(C#N)nc12)C1CCC(/C(=N/OC(C)(C)C)c2ccccc2)CC1. The number of aryl methyl sites for hydroxylation is 1. The standard InChI is InChI=1S/C28H33N5O2/c1-28(2,3)35-31-26(19-9-7-6-8-10-19)20-11-14-22(15-12-20)32(4)24-17-25(34)33(5)23-16-13-21(18-29)30-27(23)24/h6-10,13,16-17,20,22H,11-12,14-15H2,1-5H3/b31-26+. The zero-order valence-corrected chi connectivity index (χ0v) is 21.2. The average molecular weight is 472 g/mol. The first-order valence-corrected chi connectivity index (χ1v) is 12.1. The summed E-state index contributed by atoms with van der Waals surface area (Å²) in [4.78, 5) is 25.2. The van der Waals surface area contributed by atoms with Crippen LogP contribution in [-0.2, 0) is 11.9 Å². The van der Waals surface area contributed by atoms with Crippen molar-refractivity contribution in [2.24, 2.45) is 18.1 Å². The Bertz CT molecular complexity index is 1320. The molecular weight excluding hydrogens is 438 g/mol. The van der Waals surface area contributed by atoms with Gasteiger partial charge in [-0.15, -0.1) is 0 Å². The van der Waals surface area contributed by atoms with E-state index in [-0.39, 0.29) is 17.2 Å². The molecule has 0 saturated heterocycles. The molecule has 7 heteroatoms. The second-order valence-corrected chi connectivity index (χ2v) is 10.3. The molecule has 0 spiro atoms. The number of rotatable bonds is 5. The summed E-state index contributed by atoms with van der Waals surface area (Å²) in [6, 6.07) is 17.7. The van der Waals surface area contributed by atoms with E-state index in [2.05, 4.69) is 33.2 Å². The van der Waals surface area contributed by atoms with E-state index in [1.807, 2.05) is 46.0 Å². The van der Waals surface area contributed by atoms with Gasteiger partial charge in [0.1, 0.15) is 22.9 Å². The Morgan fingerprint density at radius 3 is 2.46 bits per heavy atom. The lowest BCUT2D eigenvalue weighted by Crippen LogP contribution is -2.38. The van der Waals surface area contributed by atoms with Crippen LogP contribution in [0.5, 0.6) is 0 Å². The zero-order valence-electron chi connectivity index (χ0n) is 21.2. The highest BCUT2D eigenvalue weighted by Gasteiger charge is 2.30. The van der Waals surface area contributed by atoms with Crippen molar-refractivity contribution in [2.45, 2.75) is 58.1 Å². The van der Waals surface area contributed by atoms with Crippen molar-refractivity contribution in [3.63, 3.8) is 0 Å². The van der Waals surface area contributed by atoms with Crippen molar-refractivity contribution in [3.8, 4) is 6.07 Å². The minimum absolute atomic E-state index is 0.0858. The van der Waals surface area contributed by atoms with Crippen LogP contribution in [0.1, 0.15) is 57.7 Å². The molecule has 1 saturated carbocycles. The Hall–Kier alpha value is -3.66. The Morgan fingerprint density at radius 2 is 1.83 bits per heavy atom. The third kappa shape index (κ3) is 5.37. The molecule has 0 amide bonds. The van der Waals surface area contributed by atoms with Crippen molar-refractivity contribution in [2.75, 3.05) is 11.9 Å². The smallest absolute Gasteiger partial charge is 0.252 e. The van der Waals surface area contributed by atoms with Gasteiger partial charge in [0.25, 0.3) is 5.56 Å². The van der Waals surface area contributed by atoms with Crippen molar-refractivity contribution < 1.29 is 4.84 Å². The maximum atomic E-state index is 12.7. The predicted octanol–water partition coefficient (Wildman–Crippen LogP) is 5.02. The van der Waals surface area contributed by atoms with Gasteiger partial charge in [-0.05, 0) is 64.2 Å². The summed E-state index contributed by atoms with van der Waals surface area (Å²) < 4.78 is 1.58. The van der Waals surface area contributed by atoms with Crippen LogP contribution in [0.25, 0.3) is 11.0 Å². The topological polar surface area (TPSA) is 83.5 Å². The van der Waals surface area contributed by atoms with Gasteiger partial charge in [-0.2, -0.15) is 5.26 Å². The molecule has 2 aromatic heterocycles. The van der Waals surface area contributed by atoms with Gasteiger partial charge >= 0.3 is 0 Å². The van der Waals surface area contributed by atoms with Gasteiger partial charge in [-0.3, -0.25) is 4.79 Å². The first-order chi connectivity index (χ1) is 16.7. The lowest BCUT2D eigenvalue weighted by molar-refractivity contribution is -0.0000286. The van der Waals surface area contributed by atoms with E-state index >= 15 is 0 Å². The van der Waals surface area contributed by atoms with Crippen LogP contribution in [0.4, 0.5) is 5.69 Å². The summed E-state index contributed by atoms with van der Waals surface area (Å²) in [5, 5.41) is 14.0. The fourth-order valence-electron chi connectivity index (χ4n) is 4.73. The fraction of sp³-hybridized carbons (Fsp3) is 0.429. The van der Waals surface area contributed by atoms with Crippen molar-refractivity contribution in [1.82, 2.24) is 9.55 Å². The van der Waals surface area contributed by atoms with E-state index in [9.17, 15) is 10.1 Å². The number of nitrogens with zero attached hydrogens (tertiary/aromatic N) is 5. The van der Waals surface area contributed by atoms with Gasteiger partial charge < -0.3 is 14.3 Å². The summed E-state index contributed by atoms with van der Waals surface area (Å²) in [5.41, 5.74) is 4.19. The van der Waals surface area contributed by atoms with Gasteiger partial charge in [-0.25, -0.2) is 4.98 Å². The minimum Gasteiger partial charge on any atom is -0.390 e. The number of pyridine rings is 2. The maximum absolute atomic E-state index is 12.7. The van der Waals surface area contributed by atoms with Crippen LogP contribution < -0.4 is 10.5 Å². The number of aromatic nitrogens is 2. The van der Waals surface area contributed by atoms with Crippen molar-refractivity contribution in [1.29, 1.82) is 5.26 Å². The number of benzene rings is 1. The molecule has 0 aliphatic heterocycles. The van der Waals surface area contributed by atoms with Crippen LogP contribution in [-0.4, -0.2) is 34.0 Å². The predicted molar refractivity (Wildman–Crippen MR) is 140 cm³/mol. The third-order valence-corrected chi connectivity index (χ3v) is 6.68. The largest absolute Gasteiger partial charge is 0.390 e. The first-order valence-electron chi connectivity index (χ1n) is 12.1.